The van der Waals surface area contributed by atoms with E-state index in [2.05, 4.69) is 24.1 Å². The number of ether oxygens (including phenoxy) is 1. The summed E-state index contributed by atoms with van der Waals surface area (Å²) < 4.78 is 12.8. The zero-order chi connectivity index (χ0) is 17.8. The van der Waals surface area contributed by atoms with Gasteiger partial charge in [-0.15, -0.1) is 11.3 Å². The molecule has 1 aromatic carbocycles. The molecule has 0 atom stereocenters. The summed E-state index contributed by atoms with van der Waals surface area (Å²) in [5.74, 6) is -1.03. The molecule has 0 aliphatic heterocycles. The molecule has 3 amide bonds. The average Bonchev–Trinajstić information content (AvgIpc) is 3.22. The SMILES string of the molecule is CCOC(=O)NC(=O)c1ccsc1NC(=O)c1ccc2nsnc2c1. The molecular weight excluding hydrogens is 364 g/mol. The minimum Gasteiger partial charge on any atom is -0.450 e. The Morgan fingerprint density at radius 3 is 2.72 bits per heavy atom. The molecule has 2 aromatic heterocycles. The van der Waals surface area contributed by atoms with Crippen LogP contribution in [0.3, 0.4) is 0 Å². The Bertz CT molecular complexity index is 950. The Balaban J connectivity index is 1.74. The van der Waals surface area contributed by atoms with Gasteiger partial charge in [0.1, 0.15) is 16.0 Å². The molecule has 2 heterocycles. The van der Waals surface area contributed by atoms with E-state index in [0.717, 1.165) is 11.7 Å². The minimum atomic E-state index is -0.836. The lowest BCUT2D eigenvalue weighted by molar-refractivity contribution is 0.0926. The Kier molecular flexibility index (Phi) is 5.00. The van der Waals surface area contributed by atoms with E-state index in [-0.39, 0.29) is 18.1 Å². The molecule has 0 aliphatic rings. The maximum absolute atomic E-state index is 12.4. The maximum atomic E-state index is 12.4. The second-order valence-electron chi connectivity index (χ2n) is 4.76. The number of nitrogens with zero attached hydrogens (tertiary/aromatic N) is 2. The molecule has 3 rings (SSSR count). The van der Waals surface area contributed by atoms with Crippen molar-refractivity contribution in [2.75, 3.05) is 11.9 Å². The standard InChI is InChI=1S/C15H12N4O4S2/c1-2-23-15(22)17-13(21)9-5-6-24-14(9)16-12(20)8-3-4-10-11(7-8)19-25-18-10/h3-7H,2H2,1H3,(H,16,20)(H,17,21,22). The van der Waals surface area contributed by atoms with E-state index in [0.29, 0.717) is 21.6 Å². The number of hydrogen-bond acceptors (Lipinski definition) is 8. The summed E-state index contributed by atoms with van der Waals surface area (Å²) in [6.45, 7) is 1.79. The minimum absolute atomic E-state index is 0.153. The molecule has 0 radical (unpaired) electrons. The number of fused-ring (bicyclic) bond motifs is 1. The van der Waals surface area contributed by atoms with Crippen LogP contribution >= 0.6 is 23.1 Å². The van der Waals surface area contributed by atoms with Crippen molar-refractivity contribution in [3.8, 4) is 0 Å². The van der Waals surface area contributed by atoms with Crippen LogP contribution in [0.2, 0.25) is 0 Å². The fraction of sp³-hybridized carbons (Fsp3) is 0.133. The lowest BCUT2D eigenvalue weighted by Crippen LogP contribution is -2.31. The average molecular weight is 376 g/mol. The Morgan fingerprint density at radius 2 is 1.92 bits per heavy atom. The van der Waals surface area contributed by atoms with Crippen molar-refractivity contribution in [2.45, 2.75) is 6.92 Å². The van der Waals surface area contributed by atoms with Crippen LogP contribution in [0.4, 0.5) is 9.80 Å². The third-order valence-corrected chi connectivity index (χ3v) is 4.53. The van der Waals surface area contributed by atoms with Gasteiger partial charge < -0.3 is 10.1 Å². The molecule has 0 unspecified atom stereocenters. The van der Waals surface area contributed by atoms with E-state index in [1.54, 1.807) is 30.5 Å². The van der Waals surface area contributed by atoms with Crippen molar-refractivity contribution in [2.24, 2.45) is 0 Å². The van der Waals surface area contributed by atoms with Gasteiger partial charge in [-0.25, -0.2) is 4.79 Å². The Morgan fingerprint density at radius 1 is 1.12 bits per heavy atom. The molecule has 0 saturated heterocycles. The molecule has 2 N–H and O–H groups in total. The second kappa shape index (κ2) is 7.36. The van der Waals surface area contributed by atoms with Gasteiger partial charge in [-0.05, 0) is 36.6 Å². The molecule has 25 heavy (non-hydrogen) atoms. The topological polar surface area (TPSA) is 110 Å². The first-order chi connectivity index (χ1) is 12.1. The van der Waals surface area contributed by atoms with Crippen LogP contribution in [0.15, 0.2) is 29.6 Å². The zero-order valence-electron chi connectivity index (χ0n) is 12.9. The van der Waals surface area contributed by atoms with Gasteiger partial charge in [0.15, 0.2) is 0 Å². The summed E-state index contributed by atoms with van der Waals surface area (Å²) in [5.41, 5.74) is 1.92. The zero-order valence-corrected chi connectivity index (χ0v) is 14.6. The third-order valence-electron chi connectivity index (χ3n) is 3.14. The van der Waals surface area contributed by atoms with Gasteiger partial charge in [-0.1, -0.05) is 0 Å². The van der Waals surface area contributed by atoms with Crippen LogP contribution in [0.25, 0.3) is 11.0 Å². The van der Waals surface area contributed by atoms with Crippen LogP contribution in [-0.2, 0) is 4.74 Å². The Labute approximate surface area is 150 Å². The number of carbonyl (C=O) groups excluding carboxylic acids is 3. The van der Waals surface area contributed by atoms with E-state index in [1.165, 1.54) is 17.4 Å². The second-order valence-corrected chi connectivity index (χ2v) is 6.20. The van der Waals surface area contributed by atoms with Crippen molar-refractivity contribution in [1.82, 2.24) is 14.1 Å². The number of anilines is 1. The number of nitrogens with one attached hydrogen (secondary N) is 2. The van der Waals surface area contributed by atoms with Crippen molar-refractivity contribution in [3.63, 3.8) is 0 Å². The van der Waals surface area contributed by atoms with E-state index in [1.807, 2.05) is 0 Å². The number of thiophene rings is 1. The van der Waals surface area contributed by atoms with Crippen LogP contribution in [0.5, 0.6) is 0 Å². The first-order valence-electron chi connectivity index (χ1n) is 7.17. The fourth-order valence-electron chi connectivity index (χ4n) is 2.01. The van der Waals surface area contributed by atoms with Crippen molar-refractivity contribution in [3.05, 3.63) is 40.8 Å². The van der Waals surface area contributed by atoms with Gasteiger partial charge in [0.2, 0.25) is 0 Å². The van der Waals surface area contributed by atoms with Crippen molar-refractivity contribution in [1.29, 1.82) is 0 Å². The molecule has 0 saturated carbocycles. The van der Waals surface area contributed by atoms with Gasteiger partial charge >= 0.3 is 6.09 Å². The third kappa shape index (κ3) is 3.80. The molecule has 3 aromatic rings. The number of hydrogen-bond donors (Lipinski definition) is 2. The molecule has 0 spiro atoms. The van der Waals surface area contributed by atoms with E-state index < -0.39 is 12.0 Å². The van der Waals surface area contributed by atoms with Gasteiger partial charge in [-0.3, -0.25) is 14.9 Å². The van der Waals surface area contributed by atoms with Crippen molar-refractivity contribution < 1.29 is 19.1 Å². The number of aromatic nitrogens is 2. The summed E-state index contributed by atoms with van der Waals surface area (Å²) in [5, 5.41) is 6.75. The predicted octanol–water partition coefficient (Wildman–Crippen LogP) is 2.89. The van der Waals surface area contributed by atoms with Gasteiger partial charge in [-0.2, -0.15) is 8.75 Å². The summed E-state index contributed by atoms with van der Waals surface area (Å²) >= 11 is 2.24. The lowest BCUT2D eigenvalue weighted by Gasteiger charge is -2.07. The smallest absolute Gasteiger partial charge is 0.414 e. The van der Waals surface area contributed by atoms with Crippen molar-refractivity contribution >= 4 is 57.0 Å². The highest BCUT2D eigenvalue weighted by molar-refractivity contribution is 7.14. The molecule has 0 fully saturated rings. The molecule has 0 bridgehead atoms. The molecule has 0 aliphatic carbocycles. The molecule has 128 valence electrons. The highest BCUT2D eigenvalue weighted by Crippen LogP contribution is 2.24. The molecule has 8 nitrogen and oxygen atoms in total. The van der Waals surface area contributed by atoms with Crippen LogP contribution < -0.4 is 10.6 Å². The maximum Gasteiger partial charge on any atom is 0.414 e. The number of rotatable bonds is 4. The highest BCUT2D eigenvalue weighted by atomic mass is 32.1. The van der Waals surface area contributed by atoms with Gasteiger partial charge in [0.25, 0.3) is 11.8 Å². The summed E-state index contributed by atoms with van der Waals surface area (Å²) in [4.78, 5) is 35.9. The quantitative estimate of drug-likeness (QED) is 0.724. The predicted molar refractivity (Wildman–Crippen MR) is 94.2 cm³/mol. The molecular formula is C15H12N4O4S2. The van der Waals surface area contributed by atoms with Gasteiger partial charge in [0.05, 0.1) is 23.9 Å². The number of amides is 3. The lowest BCUT2D eigenvalue weighted by atomic mass is 10.2. The van der Waals surface area contributed by atoms with Gasteiger partial charge in [0, 0.05) is 5.56 Å². The van der Waals surface area contributed by atoms with E-state index in [9.17, 15) is 14.4 Å². The number of carbonyl (C=O) groups is 3. The summed E-state index contributed by atoms with van der Waals surface area (Å²) in [6.07, 6.45) is -0.836. The highest BCUT2D eigenvalue weighted by Gasteiger charge is 2.18. The normalized spacial score (nSPS) is 10.4. The number of imide groups is 1. The Hall–Kier alpha value is -2.85. The fourth-order valence-corrected chi connectivity index (χ4v) is 3.31. The van der Waals surface area contributed by atoms with Crippen LogP contribution in [0.1, 0.15) is 27.6 Å². The number of benzene rings is 1. The largest absolute Gasteiger partial charge is 0.450 e. The number of alkyl carbamates (subject to hydrolysis) is 1. The summed E-state index contributed by atoms with van der Waals surface area (Å²) in [6, 6.07) is 6.48. The summed E-state index contributed by atoms with van der Waals surface area (Å²) in [7, 11) is 0. The molecule has 10 heteroatoms. The first kappa shape index (κ1) is 17.0. The first-order valence-corrected chi connectivity index (χ1v) is 8.78. The van der Waals surface area contributed by atoms with E-state index in [4.69, 9.17) is 0 Å². The monoisotopic (exact) mass is 376 g/mol. The van der Waals surface area contributed by atoms with Crippen LogP contribution in [0, 0.1) is 0 Å². The van der Waals surface area contributed by atoms with E-state index >= 15 is 0 Å². The van der Waals surface area contributed by atoms with Crippen LogP contribution in [-0.4, -0.2) is 33.3 Å².